The molecule has 0 saturated carbocycles. The molecule has 0 aliphatic carbocycles. The van der Waals surface area contributed by atoms with Crippen molar-refractivity contribution in [1.29, 1.82) is 0 Å². The van der Waals surface area contributed by atoms with Crippen molar-refractivity contribution in [1.82, 2.24) is 4.90 Å². The zero-order valence-electron chi connectivity index (χ0n) is 20.7. The monoisotopic (exact) mass is 484 g/mol. The highest BCUT2D eigenvalue weighted by atomic mass is 16.5. The molecule has 4 aromatic rings. The van der Waals surface area contributed by atoms with Crippen LogP contribution in [0.25, 0.3) is 22.1 Å². The van der Waals surface area contributed by atoms with Crippen LogP contribution in [0.5, 0.6) is 5.75 Å². The number of esters is 1. The molecule has 0 atom stereocenters. The lowest BCUT2D eigenvalue weighted by Gasteiger charge is -2.30. The van der Waals surface area contributed by atoms with Gasteiger partial charge in [-0.2, -0.15) is 0 Å². The van der Waals surface area contributed by atoms with Crippen LogP contribution >= 0.6 is 0 Å². The third-order valence-electron chi connectivity index (χ3n) is 6.67. The first-order valence-corrected chi connectivity index (χ1v) is 12.6. The summed E-state index contributed by atoms with van der Waals surface area (Å²) < 4.78 is 17.4. The van der Waals surface area contributed by atoms with Gasteiger partial charge in [0, 0.05) is 35.2 Å². The Hall–Kier alpha value is -3.61. The summed E-state index contributed by atoms with van der Waals surface area (Å²) in [5.74, 6) is 0.412. The Balaban J connectivity index is 1.46. The predicted octanol–water partition coefficient (Wildman–Crippen LogP) is 5.45. The molecule has 2 heterocycles. The second-order valence-corrected chi connectivity index (χ2v) is 9.19. The Morgan fingerprint density at radius 1 is 1.00 bits per heavy atom. The number of hydrogen-bond donors (Lipinski definition) is 1. The SMILES string of the molecule is CCOC(=O)Cc1ccccc1OCc1coc2c(CN3CCC3)cc(-c3cccc(CN)c3)cc12. The maximum absolute atomic E-state index is 12.0. The third-order valence-corrected chi connectivity index (χ3v) is 6.67. The molecule has 0 amide bonds. The van der Waals surface area contributed by atoms with E-state index in [-0.39, 0.29) is 12.4 Å². The average Bonchev–Trinajstić information content (AvgIpc) is 3.29. The van der Waals surface area contributed by atoms with Gasteiger partial charge < -0.3 is 19.6 Å². The quantitative estimate of drug-likeness (QED) is 0.302. The van der Waals surface area contributed by atoms with Crippen LogP contribution in [0.3, 0.4) is 0 Å². The van der Waals surface area contributed by atoms with Gasteiger partial charge >= 0.3 is 5.97 Å². The highest BCUT2D eigenvalue weighted by molar-refractivity contribution is 5.89. The lowest BCUT2D eigenvalue weighted by atomic mass is 9.97. The summed E-state index contributed by atoms with van der Waals surface area (Å²) in [7, 11) is 0. The summed E-state index contributed by atoms with van der Waals surface area (Å²) in [5.41, 5.74) is 13.1. The van der Waals surface area contributed by atoms with E-state index in [1.807, 2.05) is 30.3 Å². The molecule has 3 aromatic carbocycles. The molecule has 6 heteroatoms. The molecule has 1 fully saturated rings. The number of para-hydroxylation sites is 1. The van der Waals surface area contributed by atoms with Crippen LogP contribution in [0.4, 0.5) is 0 Å². The summed E-state index contributed by atoms with van der Waals surface area (Å²) >= 11 is 0. The number of likely N-dealkylation sites (tertiary alicyclic amines) is 1. The molecule has 2 N–H and O–H groups in total. The number of nitrogens with zero attached hydrogens (tertiary/aromatic N) is 1. The van der Waals surface area contributed by atoms with E-state index in [1.165, 1.54) is 12.0 Å². The van der Waals surface area contributed by atoms with Crippen molar-refractivity contribution < 1.29 is 18.7 Å². The lowest BCUT2D eigenvalue weighted by Crippen LogP contribution is -2.36. The van der Waals surface area contributed by atoms with E-state index in [0.717, 1.165) is 58.4 Å². The zero-order chi connectivity index (χ0) is 24.9. The topological polar surface area (TPSA) is 77.9 Å². The summed E-state index contributed by atoms with van der Waals surface area (Å²) in [4.78, 5) is 14.5. The van der Waals surface area contributed by atoms with Crippen LogP contribution < -0.4 is 10.5 Å². The fraction of sp³-hybridized carbons (Fsp3) is 0.300. The van der Waals surface area contributed by atoms with Crippen molar-refractivity contribution in [3.05, 3.63) is 89.2 Å². The van der Waals surface area contributed by atoms with Crippen molar-refractivity contribution in [3.63, 3.8) is 0 Å². The minimum atomic E-state index is -0.262. The number of furan rings is 1. The van der Waals surface area contributed by atoms with Gasteiger partial charge in [0.05, 0.1) is 19.3 Å². The maximum Gasteiger partial charge on any atom is 0.310 e. The summed E-state index contributed by atoms with van der Waals surface area (Å²) in [5, 5.41) is 1.05. The summed E-state index contributed by atoms with van der Waals surface area (Å²) in [6.07, 6.45) is 3.21. The minimum Gasteiger partial charge on any atom is -0.488 e. The van der Waals surface area contributed by atoms with Gasteiger partial charge in [0.1, 0.15) is 17.9 Å². The Bertz CT molecular complexity index is 1360. The molecule has 1 aliphatic rings. The van der Waals surface area contributed by atoms with E-state index in [9.17, 15) is 4.79 Å². The number of benzene rings is 3. The molecule has 0 bridgehead atoms. The molecular formula is C30H32N2O4. The highest BCUT2D eigenvalue weighted by Crippen LogP contribution is 2.34. The van der Waals surface area contributed by atoms with Gasteiger partial charge in [0.15, 0.2) is 0 Å². The highest BCUT2D eigenvalue weighted by Gasteiger charge is 2.20. The van der Waals surface area contributed by atoms with Crippen molar-refractivity contribution in [2.24, 2.45) is 5.73 Å². The van der Waals surface area contributed by atoms with Crippen LogP contribution in [0.2, 0.25) is 0 Å². The molecule has 0 radical (unpaired) electrons. The fourth-order valence-corrected chi connectivity index (χ4v) is 4.63. The largest absolute Gasteiger partial charge is 0.488 e. The first-order valence-electron chi connectivity index (χ1n) is 12.6. The molecule has 186 valence electrons. The van der Waals surface area contributed by atoms with E-state index in [2.05, 4.69) is 35.2 Å². The second kappa shape index (κ2) is 11.0. The van der Waals surface area contributed by atoms with Crippen LogP contribution in [-0.2, 0) is 35.6 Å². The number of carbonyl (C=O) groups is 1. The molecule has 1 aromatic heterocycles. The smallest absolute Gasteiger partial charge is 0.310 e. The van der Waals surface area contributed by atoms with E-state index < -0.39 is 0 Å². The van der Waals surface area contributed by atoms with Gasteiger partial charge in [0.25, 0.3) is 0 Å². The standard InChI is InChI=1S/C30H32N2O4/c1-2-34-29(33)16-23-8-3-4-10-28(23)35-19-26-20-36-30-25(18-32-11-6-12-32)14-24(15-27(26)30)22-9-5-7-21(13-22)17-31/h3-5,7-10,13-15,20H,2,6,11-12,16-19,31H2,1H3. The summed E-state index contributed by atoms with van der Waals surface area (Å²) in [6.45, 7) is 6.09. The van der Waals surface area contributed by atoms with E-state index in [4.69, 9.17) is 19.6 Å². The molecule has 5 rings (SSSR count). The first kappa shape index (κ1) is 24.1. The van der Waals surface area contributed by atoms with Gasteiger partial charge in [-0.3, -0.25) is 9.69 Å². The lowest BCUT2D eigenvalue weighted by molar-refractivity contribution is -0.142. The van der Waals surface area contributed by atoms with E-state index >= 15 is 0 Å². The van der Waals surface area contributed by atoms with Crippen LogP contribution in [0.1, 0.15) is 35.6 Å². The predicted molar refractivity (Wildman–Crippen MR) is 141 cm³/mol. The Labute approximate surface area is 211 Å². The van der Waals surface area contributed by atoms with E-state index in [1.54, 1.807) is 13.2 Å². The van der Waals surface area contributed by atoms with Crippen molar-refractivity contribution in [3.8, 4) is 16.9 Å². The van der Waals surface area contributed by atoms with Crippen molar-refractivity contribution >= 4 is 16.9 Å². The minimum absolute atomic E-state index is 0.178. The maximum atomic E-state index is 12.0. The van der Waals surface area contributed by atoms with Crippen LogP contribution in [0, 0.1) is 0 Å². The van der Waals surface area contributed by atoms with Crippen LogP contribution in [0.15, 0.2) is 71.3 Å². The van der Waals surface area contributed by atoms with Gasteiger partial charge in [0.2, 0.25) is 0 Å². The Kier molecular flexibility index (Phi) is 7.35. The zero-order valence-corrected chi connectivity index (χ0v) is 20.7. The number of fused-ring (bicyclic) bond motifs is 1. The number of hydrogen-bond acceptors (Lipinski definition) is 6. The molecule has 0 unspecified atom stereocenters. The number of nitrogens with two attached hydrogens (primary N) is 1. The fourth-order valence-electron chi connectivity index (χ4n) is 4.63. The van der Waals surface area contributed by atoms with Gasteiger partial charge in [-0.05, 0) is 67.4 Å². The molecular weight excluding hydrogens is 452 g/mol. The van der Waals surface area contributed by atoms with Gasteiger partial charge in [-0.1, -0.05) is 36.4 Å². The first-order chi connectivity index (χ1) is 17.6. The average molecular weight is 485 g/mol. The van der Waals surface area contributed by atoms with Crippen LogP contribution in [-0.4, -0.2) is 30.6 Å². The van der Waals surface area contributed by atoms with Crippen molar-refractivity contribution in [2.45, 2.75) is 39.5 Å². The molecule has 6 nitrogen and oxygen atoms in total. The Morgan fingerprint density at radius 3 is 2.64 bits per heavy atom. The van der Waals surface area contributed by atoms with Crippen molar-refractivity contribution in [2.75, 3.05) is 19.7 Å². The molecule has 0 spiro atoms. The second-order valence-electron chi connectivity index (χ2n) is 9.19. The number of rotatable bonds is 10. The molecule has 36 heavy (non-hydrogen) atoms. The van der Waals surface area contributed by atoms with E-state index in [0.29, 0.717) is 25.5 Å². The molecule has 1 saturated heterocycles. The normalized spacial score (nSPS) is 13.5. The third kappa shape index (κ3) is 5.30. The number of ether oxygens (including phenoxy) is 2. The number of carbonyl (C=O) groups excluding carboxylic acids is 1. The Morgan fingerprint density at radius 2 is 1.86 bits per heavy atom. The summed E-state index contributed by atoms with van der Waals surface area (Å²) in [6, 6.07) is 20.4. The van der Waals surface area contributed by atoms with Gasteiger partial charge in [-0.25, -0.2) is 0 Å². The van der Waals surface area contributed by atoms with Gasteiger partial charge in [-0.15, -0.1) is 0 Å². The molecule has 1 aliphatic heterocycles.